The van der Waals surface area contributed by atoms with Crippen molar-refractivity contribution in [3.63, 3.8) is 0 Å². The molecule has 1 aromatic rings. The molecule has 0 aliphatic rings. The van der Waals surface area contributed by atoms with Crippen LogP contribution in [0.1, 0.15) is 31.7 Å². The summed E-state index contributed by atoms with van der Waals surface area (Å²) in [5.41, 5.74) is 2.29. The van der Waals surface area contributed by atoms with Gasteiger partial charge in [0.15, 0.2) is 0 Å². The molecule has 1 rings (SSSR count). The topological polar surface area (TPSA) is 41.5 Å². The number of anilines is 1. The second-order valence-electron chi connectivity index (χ2n) is 4.12. The average Bonchev–Trinajstić information content (AvgIpc) is 2.29. The minimum absolute atomic E-state index is 0.222. The van der Waals surface area contributed by atoms with Crippen molar-refractivity contribution in [3.8, 4) is 5.75 Å². The highest BCUT2D eigenvalue weighted by Crippen LogP contribution is 2.29. The molecule has 0 fully saturated rings. The van der Waals surface area contributed by atoms with Gasteiger partial charge in [0.1, 0.15) is 5.75 Å². The molecule has 0 aromatic heterocycles. The zero-order valence-electron chi connectivity index (χ0n) is 10.3. The number of nitrogens with one attached hydrogen (secondary N) is 1. The molecule has 0 amide bonds. The third-order valence-electron chi connectivity index (χ3n) is 2.52. The molecule has 1 aromatic carbocycles. The highest BCUT2D eigenvalue weighted by Gasteiger charge is 2.07. The summed E-state index contributed by atoms with van der Waals surface area (Å²) in [4.78, 5) is 0. The van der Waals surface area contributed by atoms with E-state index in [1.54, 1.807) is 7.11 Å². The van der Waals surface area contributed by atoms with Crippen LogP contribution in [0.3, 0.4) is 0 Å². The zero-order valence-corrected chi connectivity index (χ0v) is 10.3. The summed E-state index contributed by atoms with van der Waals surface area (Å²) in [6.45, 7) is 5.31. The van der Waals surface area contributed by atoms with Crippen LogP contribution in [0.4, 0.5) is 5.69 Å². The van der Waals surface area contributed by atoms with Gasteiger partial charge in [-0.05, 0) is 36.1 Å². The maximum absolute atomic E-state index is 8.71. The van der Waals surface area contributed by atoms with E-state index in [1.165, 1.54) is 5.56 Å². The summed E-state index contributed by atoms with van der Waals surface area (Å²) in [5, 5.41) is 12.0. The first kappa shape index (κ1) is 12.8. The molecule has 0 atom stereocenters. The van der Waals surface area contributed by atoms with Gasteiger partial charge in [-0.25, -0.2) is 0 Å². The van der Waals surface area contributed by atoms with Crippen LogP contribution in [0.15, 0.2) is 18.2 Å². The van der Waals surface area contributed by atoms with Crippen LogP contribution in [-0.4, -0.2) is 25.4 Å². The van der Waals surface area contributed by atoms with Gasteiger partial charge in [0, 0.05) is 18.8 Å². The van der Waals surface area contributed by atoms with Gasteiger partial charge in [-0.3, -0.25) is 0 Å². The number of aliphatic hydroxyl groups excluding tert-OH is 1. The molecule has 3 heteroatoms. The summed E-state index contributed by atoms with van der Waals surface area (Å²) in [7, 11) is 1.69. The van der Waals surface area contributed by atoms with Gasteiger partial charge in [0.25, 0.3) is 0 Å². The molecule has 0 radical (unpaired) electrons. The predicted molar refractivity (Wildman–Crippen MR) is 67.3 cm³/mol. The van der Waals surface area contributed by atoms with Crippen molar-refractivity contribution in [2.45, 2.75) is 26.2 Å². The maximum atomic E-state index is 8.71. The van der Waals surface area contributed by atoms with Crippen molar-refractivity contribution in [3.05, 3.63) is 23.8 Å². The number of aliphatic hydroxyl groups is 1. The van der Waals surface area contributed by atoms with Gasteiger partial charge in [-0.15, -0.1) is 0 Å². The number of ether oxygens (including phenoxy) is 1. The lowest BCUT2D eigenvalue weighted by Crippen LogP contribution is -2.04. The summed E-state index contributed by atoms with van der Waals surface area (Å²) in [6.07, 6.45) is 0.767. The molecule has 0 heterocycles. The van der Waals surface area contributed by atoms with Gasteiger partial charge >= 0.3 is 0 Å². The third-order valence-corrected chi connectivity index (χ3v) is 2.52. The molecule has 3 nitrogen and oxygen atoms in total. The maximum Gasteiger partial charge on any atom is 0.122 e. The second-order valence-corrected chi connectivity index (χ2v) is 4.12. The van der Waals surface area contributed by atoms with Crippen molar-refractivity contribution in [1.29, 1.82) is 0 Å². The first-order valence-electron chi connectivity index (χ1n) is 5.71. The number of benzene rings is 1. The minimum Gasteiger partial charge on any atom is -0.496 e. The van der Waals surface area contributed by atoms with Crippen molar-refractivity contribution in [2.75, 3.05) is 25.6 Å². The SMILES string of the molecule is COc1ccc(NCCCO)cc1C(C)C. The van der Waals surface area contributed by atoms with Crippen LogP contribution in [0.2, 0.25) is 0 Å². The molecule has 16 heavy (non-hydrogen) atoms. The second kappa shape index (κ2) is 6.38. The van der Waals surface area contributed by atoms with Crippen molar-refractivity contribution in [2.24, 2.45) is 0 Å². The molecule has 0 unspecified atom stereocenters. The normalized spacial score (nSPS) is 10.6. The fourth-order valence-electron chi connectivity index (χ4n) is 1.61. The smallest absolute Gasteiger partial charge is 0.122 e. The third kappa shape index (κ3) is 3.42. The summed E-state index contributed by atoms with van der Waals surface area (Å²) >= 11 is 0. The van der Waals surface area contributed by atoms with Crippen molar-refractivity contribution < 1.29 is 9.84 Å². The number of rotatable bonds is 6. The van der Waals surface area contributed by atoms with Crippen LogP contribution in [0.25, 0.3) is 0 Å². The van der Waals surface area contributed by atoms with Crippen LogP contribution in [0.5, 0.6) is 5.75 Å². The minimum atomic E-state index is 0.222. The Morgan fingerprint density at radius 1 is 1.38 bits per heavy atom. The van der Waals surface area contributed by atoms with Crippen LogP contribution >= 0.6 is 0 Å². The standard InChI is InChI=1S/C13H21NO2/c1-10(2)12-9-11(14-7-4-8-15)5-6-13(12)16-3/h5-6,9-10,14-15H,4,7-8H2,1-3H3. The predicted octanol–water partition coefficient (Wildman–Crippen LogP) is 2.61. The molecule has 0 bridgehead atoms. The van der Waals surface area contributed by atoms with Gasteiger partial charge in [0.05, 0.1) is 7.11 Å². The van der Waals surface area contributed by atoms with Gasteiger partial charge in [0.2, 0.25) is 0 Å². The van der Waals surface area contributed by atoms with Gasteiger partial charge in [-0.2, -0.15) is 0 Å². The Morgan fingerprint density at radius 3 is 2.69 bits per heavy atom. The Morgan fingerprint density at radius 2 is 2.12 bits per heavy atom. The number of hydrogen-bond donors (Lipinski definition) is 2. The largest absolute Gasteiger partial charge is 0.496 e. The Balaban J connectivity index is 2.77. The average molecular weight is 223 g/mol. The number of hydrogen-bond acceptors (Lipinski definition) is 3. The highest BCUT2D eigenvalue weighted by atomic mass is 16.5. The van der Waals surface area contributed by atoms with E-state index in [4.69, 9.17) is 9.84 Å². The van der Waals surface area contributed by atoms with Gasteiger partial charge in [-0.1, -0.05) is 13.8 Å². The van der Waals surface area contributed by atoms with E-state index in [0.717, 1.165) is 24.4 Å². The van der Waals surface area contributed by atoms with E-state index in [1.807, 2.05) is 12.1 Å². The monoisotopic (exact) mass is 223 g/mol. The van der Waals surface area contributed by atoms with Gasteiger partial charge < -0.3 is 15.2 Å². The molecule has 0 spiro atoms. The molecule has 0 saturated heterocycles. The molecule has 90 valence electrons. The van der Waals surface area contributed by atoms with Crippen LogP contribution < -0.4 is 10.1 Å². The Hall–Kier alpha value is -1.22. The van der Waals surface area contributed by atoms with Crippen molar-refractivity contribution in [1.82, 2.24) is 0 Å². The Kier molecular flexibility index (Phi) is 5.12. The lowest BCUT2D eigenvalue weighted by Gasteiger charge is -2.14. The van der Waals surface area contributed by atoms with E-state index in [-0.39, 0.29) is 6.61 Å². The molecule has 2 N–H and O–H groups in total. The molecule has 0 saturated carbocycles. The fourth-order valence-corrected chi connectivity index (χ4v) is 1.61. The molecule has 0 aliphatic carbocycles. The highest BCUT2D eigenvalue weighted by molar-refractivity contribution is 5.52. The molecular weight excluding hydrogens is 202 g/mol. The summed E-state index contributed by atoms with van der Waals surface area (Å²) < 4.78 is 5.32. The molecular formula is C13H21NO2. The van der Waals surface area contributed by atoms with E-state index in [2.05, 4.69) is 25.2 Å². The summed E-state index contributed by atoms with van der Waals surface area (Å²) in [5.74, 6) is 1.37. The van der Waals surface area contributed by atoms with E-state index in [9.17, 15) is 0 Å². The quantitative estimate of drug-likeness (QED) is 0.728. The Bertz CT molecular complexity index is 324. The van der Waals surface area contributed by atoms with Crippen LogP contribution in [-0.2, 0) is 0 Å². The van der Waals surface area contributed by atoms with E-state index < -0.39 is 0 Å². The number of methoxy groups -OCH3 is 1. The lowest BCUT2D eigenvalue weighted by atomic mass is 10.0. The first-order valence-corrected chi connectivity index (χ1v) is 5.71. The molecule has 0 aliphatic heterocycles. The van der Waals surface area contributed by atoms with E-state index >= 15 is 0 Å². The first-order chi connectivity index (χ1) is 7.69. The Labute approximate surface area is 97.4 Å². The van der Waals surface area contributed by atoms with E-state index in [0.29, 0.717) is 5.92 Å². The van der Waals surface area contributed by atoms with Crippen molar-refractivity contribution >= 4 is 5.69 Å². The lowest BCUT2D eigenvalue weighted by molar-refractivity contribution is 0.292. The van der Waals surface area contributed by atoms with Crippen LogP contribution in [0, 0.1) is 0 Å². The fraction of sp³-hybridized carbons (Fsp3) is 0.538. The zero-order chi connectivity index (χ0) is 12.0. The summed E-state index contributed by atoms with van der Waals surface area (Å²) in [6, 6.07) is 6.10.